The highest BCUT2D eigenvalue weighted by molar-refractivity contribution is 6.10. The normalized spacial score (nSPS) is 13.9. The zero-order chi connectivity index (χ0) is 32.7. The molecule has 0 radical (unpaired) electrons. The summed E-state index contributed by atoms with van der Waals surface area (Å²) in [7, 11) is 0. The van der Waals surface area contributed by atoms with Crippen molar-refractivity contribution >= 4 is 27.8 Å². The van der Waals surface area contributed by atoms with Gasteiger partial charge >= 0.3 is 0 Å². The highest BCUT2D eigenvalue weighted by Gasteiger charge is 2.38. The molecule has 0 spiro atoms. The monoisotopic (exact) mass is 611 g/mol. The number of para-hydroxylation sites is 1. The van der Waals surface area contributed by atoms with E-state index in [4.69, 9.17) is 0 Å². The molecule has 0 aromatic heterocycles. The van der Waals surface area contributed by atoms with Crippen molar-refractivity contribution in [1.29, 1.82) is 0 Å². The Balaban J connectivity index is 1.44. The molecule has 0 saturated carbocycles. The second-order valence-electron chi connectivity index (χ2n) is 13.7. The van der Waals surface area contributed by atoms with Crippen LogP contribution in [0.5, 0.6) is 0 Å². The Labute approximate surface area is 281 Å². The van der Waals surface area contributed by atoms with Gasteiger partial charge in [0, 0.05) is 22.2 Å². The van der Waals surface area contributed by atoms with Crippen LogP contribution in [0.2, 0.25) is 0 Å². The molecule has 6 aromatic rings. The number of aryl methyl sites for hydroxylation is 1. The molecule has 0 aliphatic heterocycles. The summed E-state index contributed by atoms with van der Waals surface area (Å²) in [5.41, 5.74) is 15.7. The minimum Gasteiger partial charge on any atom is -0.310 e. The number of allylic oxidation sites excluding steroid dienone is 2. The van der Waals surface area contributed by atoms with Crippen molar-refractivity contribution in [2.24, 2.45) is 0 Å². The molecule has 7 rings (SSSR count). The van der Waals surface area contributed by atoms with Crippen molar-refractivity contribution in [3.05, 3.63) is 161 Å². The third kappa shape index (κ3) is 5.28. The van der Waals surface area contributed by atoms with E-state index in [2.05, 4.69) is 180 Å². The molecule has 47 heavy (non-hydrogen) atoms. The maximum absolute atomic E-state index is 2.49. The second kappa shape index (κ2) is 12.4. The number of rotatable bonds is 8. The van der Waals surface area contributed by atoms with E-state index in [1.54, 1.807) is 0 Å². The van der Waals surface area contributed by atoms with E-state index >= 15 is 0 Å². The van der Waals surface area contributed by atoms with Crippen molar-refractivity contribution in [3.8, 4) is 22.3 Å². The predicted octanol–water partition coefficient (Wildman–Crippen LogP) is 13.2. The first-order valence-electron chi connectivity index (χ1n) is 17.2. The Hall–Kier alpha value is -4.88. The third-order valence-corrected chi connectivity index (χ3v) is 10.5. The number of nitrogens with zero attached hydrogens (tertiary/aromatic N) is 1. The summed E-state index contributed by atoms with van der Waals surface area (Å²) in [5.74, 6) is 0.543. The molecule has 0 amide bonds. The highest BCUT2D eigenvalue weighted by Crippen LogP contribution is 2.55. The van der Waals surface area contributed by atoms with E-state index < -0.39 is 0 Å². The van der Waals surface area contributed by atoms with Crippen LogP contribution in [0.3, 0.4) is 0 Å². The van der Waals surface area contributed by atoms with Crippen molar-refractivity contribution in [2.75, 3.05) is 4.90 Å². The summed E-state index contributed by atoms with van der Waals surface area (Å²) in [5, 5.41) is 2.58. The van der Waals surface area contributed by atoms with Crippen LogP contribution in [0.25, 0.3) is 33.0 Å². The van der Waals surface area contributed by atoms with E-state index in [0.717, 1.165) is 18.5 Å². The summed E-state index contributed by atoms with van der Waals surface area (Å²) in [6.45, 7) is 13.8. The second-order valence-corrected chi connectivity index (χ2v) is 13.7. The Bertz CT molecular complexity index is 2110. The summed E-state index contributed by atoms with van der Waals surface area (Å²) in [6, 6.07) is 45.4. The van der Waals surface area contributed by atoms with Gasteiger partial charge in [-0.1, -0.05) is 131 Å². The van der Waals surface area contributed by atoms with Crippen molar-refractivity contribution in [3.63, 3.8) is 0 Å². The molecule has 234 valence electrons. The van der Waals surface area contributed by atoms with Gasteiger partial charge in [0.2, 0.25) is 0 Å². The number of fused-ring (bicyclic) bond motifs is 5. The van der Waals surface area contributed by atoms with Gasteiger partial charge in [-0.2, -0.15) is 0 Å². The summed E-state index contributed by atoms with van der Waals surface area (Å²) < 4.78 is 0. The van der Waals surface area contributed by atoms with E-state index in [0.29, 0.717) is 5.92 Å². The molecule has 1 aliphatic rings. The minimum absolute atomic E-state index is 0.119. The molecule has 1 nitrogen and oxygen atoms in total. The molecule has 0 saturated heterocycles. The first-order valence-corrected chi connectivity index (χ1v) is 17.2. The van der Waals surface area contributed by atoms with E-state index in [9.17, 15) is 0 Å². The Kier molecular flexibility index (Phi) is 8.10. The van der Waals surface area contributed by atoms with Gasteiger partial charge in [0.15, 0.2) is 0 Å². The van der Waals surface area contributed by atoms with Gasteiger partial charge in [0.1, 0.15) is 0 Å². The number of hydrogen-bond donors (Lipinski definition) is 0. The topological polar surface area (TPSA) is 3.24 Å². The van der Waals surface area contributed by atoms with E-state index in [1.807, 2.05) is 0 Å². The highest BCUT2D eigenvalue weighted by atomic mass is 15.1. The van der Waals surface area contributed by atoms with Crippen molar-refractivity contribution in [2.45, 2.75) is 65.7 Å². The molecule has 0 N–H and O–H groups in total. The first kappa shape index (κ1) is 30.8. The van der Waals surface area contributed by atoms with Crippen LogP contribution in [0.1, 0.15) is 74.8 Å². The largest absolute Gasteiger partial charge is 0.310 e. The van der Waals surface area contributed by atoms with Crippen LogP contribution < -0.4 is 4.90 Å². The lowest BCUT2D eigenvalue weighted by atomic mass is 9.80. The third-order valence-electron chi connectivity index (χ3n) is 10.5. The number of hydrogen-bond acceptors (Lipinski definition) is 1. The maximum atomic E-state index is 2.49. The number of benzene rings is 6. The van der Waals surface area contributed by atoms with E-state index in [-0.39, 0.29) is 5.41 Å². The van der Waals surface area contributed by atoms with E-state index in [1.165, 1.54) is 72.2 Å². The van der Waals surface area contributed by atoms with Gasteiger partial charge in [-0.25, -0.2) is 0 Å². The molecule has 1 heteroatoms. The average Bonchev–Trinajstić information content (AvgIpc) is 3.33. The molecule has 0 heterocycles. The quantitative estimate of drug-likeness (QED) is 0.155. The molecule has 0 bridgehead atoms. The number of anilines is 3. The minimum atomic E-state index is -0.119. The molecular formula is C46H45N. The lowest BCUT2D eigenvalue weighted by Crippen LogP contribution is -2.17. The van der Waals surface area contributed by atoms with Crippen LogP contribution in [0.15, 0.2) is 133 Å². The standard InChI is InChI=1S/C46H45N/c1-7-9-17-33-18-13-14-21-38(33)37-27-25-36(28-32(37)4)47(35-19-11-10-12-20-35)44-30-43-45(40-23-16-15-22-39(40)44)41-26-24-34(31(3)8-2)29-42(41)46(43,5)6/h7,9-16,18-31H,8,17H2,1-6H3/b9-7+. The molecule has 1 unspecified atom stereocenters. The van der Waals surface area contributed by atoms with Gasteiger partial charge in [0.25, 0.3) is 0 Å². The predicted molar refractivity (Wildman–Crippen MR) is 204 cm³/mol. The molecule has 1 atom stereocenters. The summed E-state index contributed by atoms with van der Waals surface area (Å²) >= 11 is 0. The lowest BCUT2D eigenvalue weighted by molar-refractivity contribution is 0.655. The lowest BCUT2D eigenvalue weighted by Gasteiger charge is -2.30. The smallest absolute Gasteiger partial charge is 0.0543 e. The Morgan fingerprint density at radius 2 is 1.38 bits per heavy atom. The fraction of sp³-hybridized carbons (Fsp3) is 0.217. The Morgan fingerprint density at radius 3 is 2.13 bits per heavy atom. The average molecular weight is 612 g/mol. The van der Waals surface area contributed by atoms with Crippen molar-refractivity contribution in [1.82, 2.24) is 0 Å². The van der Waals surface area contributed by atoms with Gasteiger partial charge in [-0.05, 0) is 118 Å². The van der Waals surface area contributed by atoms with Crippen LogP contribution in [-0.2, 0) is 11.8 Å². The van der Waals surface area contributed by atoms with Crippen LogP contribution in [0.4, 0.5) is 17.1 Å². The van der Waals surface area contributed by atoms with Gasteiger partial charge in [-0.3, -0.25) is 0 Å². The van der Waals surface area contributed by atoms with Crippen LogP contribution in [0, 0.1) is 6.92 Å². The zero-order valence-electron chi connectivity index (χ0n) is 28.6. The van der Waals surface area contributed by atoms with Gasteiger partial charge in [-0.15, -0.1) is 0 Å². The fourth-order valence-corrected chi connectivity index (χ4v) is 7.61. The summed E-state index contributed by atoms with van der Waals surface area (Å²) in [4.78, 5) is 2.47. The molecule has 6 aromatic carbocycles. The fourth-order valence-electron chi connectivity index (χ4n) is 7.61. The summed E-state index contributed by atoms with van der Waals surface area (Å²) in [6.07, 6.45) is 6.45. The molecule has 1 aliphatic carbocycles. The first-order chi connectivity index (χ1) is 22.8. The Morgan fingerprint density at radius 1 is 0.681 bits per heavy atom. The van der Waals surface area contributed by atoms with Gasteiger partial charge in [0.05, 0.1) is 5.69 Å². The van der Waals surface area contributed by atoms with Gasteiger partial charge < -0.3 is 4.90 Å². The van der Waals surface area contributed by atoms with Crippen LogP contribution in [-0.4, -0.2) is 0 Å². The molecular weight excluding hydrogens is 567 g/mol. The maximum Gasteiger partial charge on any atom is 0.0543 e. The SMILES string of the molecule is C/C=C/Cc1ccccc1-c1ccc(N(c2ccccc2)c2cc3c(c4ccccc24)-c2ccc(C(C)CC)cc2C3(C)C)cc1C. The van der Waals surface area contributed by atoms with Crippen molar-refractivity contribution < 1.29 is 0 Å². The zero-order valence-corrected chi connectivity index (χ0v) is 28.6. The van der Waals surface area contributed by atoms with Crippen LogP contribution >= 0.6 is 0 Å². The molecule has 0 fully saturated rings.